The number of amidine groups is 1. The van der Waals surface area contributed by atoms with Crippen LogP contribution in [-0.4, -0.2) is 29.4 Å². The van der Waals surface area contributed by atoms with E-state index in [-0.39, 0.29) is 11.9 Å². The molecular weight excluding hydrogens is 174 g/mol. The van der Waals surface area contributed by atoms with Gasteiger partial charge >= 0.3 is 0 Å². The molecule has 3 nitrogen and oxygen atoms in total. The smallest absolute Gasteiger partial charge is 0.108 e. The summed E-state index contributed by atoms with van der Waals surface area (Å²) in [7, 11) is 0. The molecule has 0 aliphatic carbocycles. The van der Waals surface area contributed by atoms with Crippen LogP contribution < -0.4 is 5.73 Å². The Balaban J connectivity index is 2.70. The molecule has 3 N–H and O–H groups in total. The topological polar surface area (TPSA) is 53.1 Å². The van der Waals surface area contributed by atoms with E-state index in [4.69, 9.17) is 11.1 Å². The molecule has 0 aromatic heterocycles. The van der Waals surface area contributed by atoms with E-state index in [2.05, 4.69) is 25.7 Å². The van der Waals surface area contributed by atoms with E-state index >= 15 is 0 Å². The molecule has 0 aromatic rings. The molecule has 0 bridgehead atoms. The van der Waals surface area contributed by atoms with Crippen LogP contribution in [0.3, 0.4) is 0 Å². The fourth-order valence-corrected chi connectivity index (χ4v) is 2.45. The molecule has 1 saturated heterocycles. The third kappa shape index (κ3) is 2.27. The highest BCUT2D eigenvalue weighted by Crippen LogP contribution is 2.28. The summed E-state index contributed by atoms with van der Waals surface area (Å²) < 4.78 is 0. The van der Waals surface area contributed by atoms with Gasteiger partial charge in [0, 0.05) is 12.6 Å². The van der Waals surface area contributed by atoms with Crippen molar-refractivity contribution in [2.45, 2.75) is 46.2 Å². The number of nitrogens with one attached hydrogen (secondary N) is 1. The normalized spacial score (nSPS) is 36.7. The van der Waals surface area contributed by atoms with Crippen LogP contribution in [0, 0.1) is 17.2 Å². The number of hydrogen-bond acceptors (Lipinski definition) is 2. The molecule has 1 aliphatic heterocycles. The minimum atomic E-state index is 0.0928. The second-order valence-corrected chi connectivity index (χ2v) is 4.89. The van der Waals surface area contributed by atoms with Crippen molar-refractivity contribution in [1.29, 1.82) is 5.41 Å². The van der Waals surface area contributed by atoms with Crippen molar-refractivity contribution in [3.8, 4) is 0 Å². The number of nitrogens with two attached hydrogens (primary N) is 1. The Morgan fingerprint density at radius 3 is 2.50 bits per heavy atom. The Hall–Kier alpha value is -0.570. The van der Waals surface area contributed by atoms with Gasteiger partial charge in [-0.15, -0.1) is 0 Å². The summed E-state index contributed by atoms with van der Waals surface area (Å²) in [5, 5.41) is 7.49. The van der Waals surface area contributed by atoms with Gasteiger partial charge in [0.05, 0.1) is 6.04 Å². The fraction of sp³-hybridized carbons (Fsp3) is 0.909. The van der Waals surface area contributed by atoms with Gasteiger partial charge in [-0.25, -0.2) is 0 Å². The van der Waals surface area contributed by atoms with Gasteiger partial charge in [-0.3, -0.25) is 10.3 Å². The van der Waals surface area contributed by atoms with Crippen LogP contribution in [0.15, 0.2) is 0 Å². The van der Waals surface area contributed by atoms with Gasteiger partial charge in [0.25, 0.3) is 0 Å². The van der Waals surface area contributed by atoms with Crippen LogP contribution in [-0.2, 0) is 0 Å². The Morgan fingerprint density at radius 1 is 1.43 bits per heavy atom. The van der Waals surface area contributed by atoms with Crippen molar-refractivity contribution in [3.63, 3.8) is 0 Å². The quantitative estimate of drug-likeness (QED) is 0.522. The van der Waals surface area contributed by atoms with Crippen molar-refractivity contribution in [2.75, 3.05) is 6.54 Å². The highest BCUT2D eigenvalue weighted by Gasteiger charge is 2.32. The molecule has 0 radical (unpaired) electrons. The molecule has 1 fully saturated rings. The first-order chi connectivity index (χ1) is 6.43. The largest absolute Gasteiger partial charge is 0.386 e. The minimum Gasteiger partial charge on any atom is -0.386 e. The number of nitrogens with zero attached hydrogens (tertiary/aromatic N) is 1. The zero-order valence-corrected chi connectivity index (χ0v) is 9.75. The van der Waals surface area contributed by atoms with Crippen LogP contribution in [0.25, 0.3) is 0 Å². The highest BCUT2D eigenvalue weighted by atomic mass is 15.2. The molecule has 1 heterocycles. The second-order valence-electron chi connectivity index (χ2n) is 4.89. The standard InChI is InChI=1S/C11H23N3/c1-7-5-8(2)9(3)14(6-7)10(4)11(12)13/h7-10H,5-6H2,1-4H3,(H3,12,13). The number of rotatable bonds is 2. The van der Waals surface area contributed by atoms with Gasteiger partial charge in [0.1, 0.15) is 5.84 Å². The van der Waals surface area contributed by atoms with Crippen LogP contribution in [0.5, 0.6) is 0 Å². The van der Waals surface area contributed by atoms with Gasteiger partial charge in [0.15, 0.2) is 0 Å². The van der Waals surface area contributed by atoms with Gasteiger partial charge in [0.2, 0.25) is 0 Å². The maximum atomic E-state index is 7.49. The number of piperidine rings is 1. The summed E-state index contributed by atoms with van der Waals surface area (Å²) in [6.45, 7) is 9.92. The third-order valence-electron chi connectivity index (χ3n) is 3.59. The molecular formula is C11H23N3. The summed E-state index contributed by atoms with van der Waals surface area (Å²) in [4.78, 5) is 2.36. The average molecular weight is 197 g/mol. The van der Waals surface area contributed by atoms with Crippen LogP contribution in [0.1, 0.15) is 34.1 Å². The van der Waals surface area contributed by atoms with Gasteiger partial charge in [-0.05, 0) is 32.1 Å². The molecule has 0 aromatic carbocycles. The fourth-order valence-electron chi connectivity index (χ4n) is 2.45. The molecule has 0 spiro atoms. The van der Waals surface area contributed by atoms with E-state index in [0.29, 0.717) is 12.0 Å². The first-order valence-corrected chi connectivity index (χ1v) is 5.53. The summed E-state index contributed by atoms with van der Waals surface area (Å²) in [6, 6.07) is 0.639. The zero-order chi connectivity index (χ0) is 10.9. The third-order valence-corrected chi connectivity index (χ3v) is 3.59. The van der Waals surface area contributed by atoms with Gasteiger partial charge in [-0.1, -0.05) is 13.8 Å². The number of hydrogen-bond donors (Lipinski definition) is 2. The van der Waals surface area contributed by atoms with Gasteiger partial charge < -0.3 is 5.73 Å². The molecule has 4 atom stereocenters. The first kappa shape index (κ1) is 11.5. The second kappa shape index (κ2) is 4.30. The molecule has 82 valence electrons. The molecule has 1 rings (SSSR count). The number of likely N-dealkylation sites (tertiary alicyclic amines) is 1. The van der Waals surface area contributed by atoms with Crippen molar-refractivity contribution in [3.05, 3.63) is 0 Å². The highest BCUT2D eigenvalue weighted by molar-refractivity contribution is 5.82. The Morgan fingerprint density at radius 2 is 2.00 bits per heavy atom. The van der Waals surface area contributed by atoms with Crippen molar-refractivity contribution < 1.29 is 0 Å². The van der Waals surface area contributed by atoms with Crippen molar-refractivity contribution in [1.82, 2.24) is 4.90 Å². The monoisotopic (exact) mass is 197 g/mol. The van der Waals surface area contributed by atoms with Crippen LogP contribution in [0.2, 0.25) is 0 Å². The molecule has 4 unspecified atom stereocenters. The summed E-state index contributed by atoms with van der Waals surface area (Å²) in [5.74, 6) is 1.72. The maximum absolute atomic E-state index is 7.49. The average Bonchev–Trinajstić information content (AvgIpc) is 2.09. The van der Waals surface area contributed by atoms with Crippen LogP contribution in [0.4, 0.5) is 0 Å². The van der Waals surface area contributed by atoms with E-state index < -0.39 is 0 Å². The zero-order valence-electron chi connectivity index (χ0n) is 9.75. The predicted octanol–water partition coefficient (Wildman–Crippen LogP) is 1.68. The SMILES string of the molecule is CC1CC(C)C(C)N(C(C)C(=N)N)C1. The lowest BCUT2D eigenvalue weighted by molar-refractivity contribution is 0.0674. The van der Waals surface area contributed by atoms with E-state index in [1.807, 2.05) is 6.92 Å². The van der Waals surface area contributed by atoms with Crippen LogP contribution >= 0.6 is 0 Å². The van der Waals surface area contributed by atoms with E-state index in [1.165, 1.54) is 6.42 Å². The molecule has 0 saturated carbocycles. The molecule has 14 heavy (non-hydrogen) atoms. The Kier molecular flexibility index (Phi) is 3.53. The Labute approximate surface area is 87.2 Å². The summed E-state index contributed by atoms with van der Waals surface area (Å²) in [5.41, 5.74) is 5.56. The summed E-state index contributed by atoms with van der Waals surface area (Å²) >= 11 is 0. The van der Waals surface area contributed by atoms with Crippen molar-refractivity contribution in [2.24, 2.45) is 17.6 Å². The molecule has 3 heteroatoms. The summed E-state index contributed by atoms with van der Waals surface area (Å²) in [6.07, 6.45) is 1.29. The van der Waals surface area contributed by atoms with Gasteiger partial charge in [-0.2, -0.15) is 0 Å². The molecule has 0 amide bonds. The predicted molar refractivity (Wildman–Crippen MR) is 60.5 cm³/mol. The lowest BCUT2D eigenvalue weighted by atomic mass is 9.85. The Bertz CT molecular complexity index is 215. The molecule has 1 aliphatic rings. The lowest BCUT2D eigenvalue weighted by Gasteiger charge is -2.44. The van der Waals surface area contributed by atoms with E-state index in [1.54, 1.807) is 0 Å². The maximum Gasteiger partial charge on any atom is 0.108 e. The first-order valence-electron chi connectivity index (χ1n) is 5.53. The van der Waals surface area contributed by atoms with Crippen molar-refractivity contribution >= 4 is 5.84 Å². The van der Waals surface area contributed by atoms with E-state index in [9.17, 15) is 0 Å². The lowest BCUT2D eigenvalue weighted by Crippen LogP contribution is -2.53. The minimum absolute atomic E-state index is 0.0928. The van der Waals surface area contributed by atoms with E-state index in [0.717, 1.165) is 12.5 Å².